The Bertz CT molecular complexity index is 1660. The molecule has 0 aliphatic rings. The normalized spacial score (nSPS) is 11.5. The molecular weight excluding hydrogens is 657 g/mol. The van der Waals surface area contributed by atoms with Gasteiger partial charge in [0.05, 0.1) is 0 Å². The summed E-state index contributed by atoms with van der Waals surface area (Å²) in [5.41, 5.74) is 5.13. The van der Waals surface area contributed by atoms with E-state index in [2.05, 4.69) is 111 Å². The first-order valence-corrected chi connectivity index (χ1v) is 21.6. The van der Waals surface area contributed by atoms with Crippen molar-refractivity contribution in [1.82, 2.24) is 0 Å². The predicted octanol–water partition coefficient (Wildman–Crippen LogP) is 16.1. The first kappa shape index (κ1) is 35.1. The Morgan fingerprint density at radius 3 is 1.02 bits per heavy atom. The van der Waals surface area contributed by atoms with Crippen molar-refractivity contribution in [3.63, 3.8) is 0 Å². The number of hydrogen-bond acceptors (Lipinski definition) is 4. The Hall–Kier alpha value is -2.76. The number of benzene rings is 2. The summed E-state index contributed by atoms with van der Waals surface area (Å²) >= 11 is 7.78. The van der Waals surface area contributed by atoms with E-state index in [1.807, 2.05) is 45.3 Å². The average Bonchev–Trinajstić information content (AvgIpc) is 3.95. The molecule has 0 atom stereocenters. The first-order valence-electron chi connectivity index (χ1n) is 18.3. The fourth-order valence-electron chi connectivity index (χ4n) is 6.35. The van der Waals surface area contributed by atoms with Crippen LogP contribution in [0.3, 0.4) is 0 Å². The van der Waals surface area contributed by atoms with E-state index in [-0.39, 0.29) is 0 Å². The number of hydrogen-bond donors (Lipinski definition) is 0. The molecule has 0 aliphatic carbocycles. The second-order valence-corrected chi connectivity index (χ2v) is 17.6. The van der Waals surface area contributed by atoms with E-state index in [1.54, 1.807) is 0 Å². The second kappa shape index (κ2) is 18.3. The van der Waals surface area contributed by atoms with Gasteiger partial charge in [-0.3, -0.25) is 0 Å². The van der Waals surface area contributed by atoms with Crippen molar-refractivity contribution >= 4 is 45.3 Å². The minimum atomic E-state index is 1.22. The highest BCUT2D eigenvalue weighted by Gasteiger charge is 2.11. The highest BCUT2D eigenvalue weighted by molar-refractivity contribution is 7.24. The van der Waals surface area contributed by atoms with E-state index in [0.717, 1.165) is 0 Å². The number of rotatable bonds is 19. The van der Waals surface area contributed by atoms with E-state index in [9.17, 15) is 0 Å². The van der Waals surface area contributed by atoms with Crippen LogP contribution in [-0.4, -0.2) is 0 Å². The molecule has 0 saturated carbocycles. The second-order valence-electron chi connectivity index (χ2n) is 13.0. The van der Waals surface area contributed by atoms with Gasteiger partial charge in [-0.15, -0.1) is 45.3 Å². The third-order valence-corrected chi connectivity index (χ3v) is 14.2. The Balaban J connectivity index is 1.01. The van der Waals surface area contributed by atoms with Crippen molar-refractivity contribution in [1.29, 1.82) is 0 Å². The van der Waals surface area contributed by atoms with Crippen LogP contribution in [0, 0.1) is 0 Å². The molecule has 4 aromatic heterocycles. The molecular formula is C44H50S4. The molecule has 4 heteroatoms. The van der Waals surface area contributed by atoms with Gasteiger partial charge >= 0.3 is 0 Å². The molecule has 6 rings (SSSR count). The van der Waals surface area contributed by atoms with E-state index in [1.165, 1.54) is 151 Å². The SMILES string of the molecule is CCCCCCCCc1ccc(-c2ccc(-c3ccc(-c4ccc(-c5ccc(-c6ccc(CCCCCCCC)s6)s5)cc4)cc3)s2)s1. The van der Waals surface area contributed by atoms with Crippen LogP contribution in [0.4, 0.5) is 0 Å². The molecule has 0 aliphatic heterocycles. The summed E-state index contributed by atoms with van der Waals surface area (Å²) in [5, 5.41) is 0. The maximum absolute atomic E-state index is 2.35. The Morgan fingerprint density at radius 2 is 0.604 bits per heavy atom. The van der Waals surface area contributed by atoms with Gasteiger partial charge in [0.1, 0.15) is 0 Å². The summed E-state index contributed by atoms with van der Waals surface area (Å²) in [5.74, 6) is 0. The summed E-state index contributed by atoms with van der Waals surface area (Å²) in [6.07, 6.45) is 18.8. The molecule has 0 nitrogen and oxygen atoms in total. The monoisotopic (exact) mass is 706 g/mol. The highest BCUT2D eigenvalue weighted by Crippen LogP contribution is 2.40. The minimum absolute atomic E-state index is 1.22. The fraction of sp³-hybridized carbons (Fsp3) is 0.364. The number of unbranched alkanes of at least 4 members (excludes halogenated alkanes) is 10. The van der Waals surface area contributed by atoms with Crippen LogP contribution >= 0.6 is 45.3 Å². The number of aryl methyl sites for hydroxylation is 2. The predicted molar refractivity (Wildman–Crippen MR) is 219 cm³/mol. The van der Waals surface area contributed by atoms with Gasteiger partial charge in [-0.2, -0.15) is 0 Å². The van der Waals surface area contributed by atoms with Crippen molar-refractivity contribution in [2.24, 2.45) is 0 Å². The third kappa shape index (κ3) is 9.69. The lowest BCUT2D eigenvalue weighted by molar-refractivity contribution is 0.609. The summed E-state index contributed by atoms with van der Waals surface area (Å²) in [4.78, 5) is 11.3. The average molecular weight is 707 g/mol. The van der Waals surface area contributed by atoms with E-state index < -0.39 is 0 Å². The maximum atomic E-state index is 2.35. The number of thiophene rings is 4. The van der Waals surface area contributed by atoms with Gasteiger partial charge in [-0.05, 0) is 96.5 Å². The smallest absolute Gasteiger partial charge is 0.0449 e. The maximum Gasteiger partial charge on any atom is 0.0449 e. The lowest BCUT2D eigenvalue weighted by Crippen LogP contribution is -1.82. The lowest BCUT2D eigenvalue weighted by Gasteiger charge is -2.05. The topological polar surface area (TPSA) is 0 Å². The summed E-state index contributed by atoms with van der Waals surface area (Å²) < 4.78 is 0. The van der Waals surface area contributed by atoms with Gasteiger partial charge in [0.2, 0.25) is 0 Å². The summed E-state index contributed by atoms with van der Waals surface area (Å²) in [6, 6.07) is 36.8. The van der Waals surface area contributed by atoms with E-state index >= 15 is 0 Å². The van der Waals surface area contributed by atoms with Crippen LogP contribution in [0.2, 0.25) is 0 Å². The largest absolute Gasteiger partial charge is 0.139 e. The van der Waals surface area contributed by atoms with Crippen LogP contribution < -0.4 is 0 Å². The van der Waals surface area contributed by atoms with Crippen molar-refractivity contribution in [2.75, 3.05) is 0 Å². The standard InChI is InChI=1S/C44H50S4/c1-3-5-7-9-11-13-15-37-25-27-41(45-37)43-31-29-39(47-43)35-21-17-33(18-22-35)34-19-23-36(24-20-34)40-30-32-44(48-40)42-28-26-38(46-42)16-14-12-10-8-6-4-2/h17-32H,3-16H2,1-2H3. The molecule has 2 aromatic carbocycles. The molecule has 4 heterocycles. The van der Waals surface area contributed by atoms with Crippen LogP contribution in [0.1, 0.15) is 101 Å². The van der Waals surface area contributed by atoms with E-state index in [4.69, 9.17) is 0 Å². The van der Waals surface area contributed by atoms with Gasteiger partial charge in [-0.1, -0.05) is 127 Å². The Labute approximate surface area is 305 Å². The molecule has 0 saturated heterocycles. The van der Waals surface area contributed by atoms with Crippen molar-refractivity contribution < 1.29 is 0 Å². The lowest BCUT2D eigenvalue weighted by atomic mass is 10.0. The Morgan fingerprint density at radius 1 is 0.292 bits per heavy atom. The summed E-state index contributed by atoms with van der Waals surface area (Å²) in [6.45, 7) is 4.57. The zero-order valence-electron chi connectivity index (χ0n) is 28.8. The zero-order valence-corrected chi connectivity index (χ0v) is 32.0. The molecule has 0 radical (unpaired) electrons. The van der Waals surface area contributed by atoms with Gasteiger partial charge < -0.3 is 0 Å². The molecule has 6 aromatic rings. The molecule has 0 spiro atoms. The van der Waals surface area contributed by atoms with Crippen LogP contribution in [0.15, 0.2) is 97.1 Å². The van der Waals surface area contributed by atoms with Gasteiger partial charge in [-0.25, -0.2) is 0 Å². The fourth-order valence-corrected chi connectivity index (χ4v) is 10.7. The van der Waals surface area contributed by atoms with Gasteiger partial charge in [0, 0.05) is 39.0 Å². The quantitative estimate of drug-likeness (QED) is 0.0736. The molecule has 0 bridgehead atoms. The first-order chi connectivity index (χ1) is 23.7. The molecule has 250 valence electrons. The molecule has 0 N–H and O–H groups in total. The van der Waals surface area contributed by atoms with E-state index in [0.29, 0.717) is 0 Å². The van der Waals surface area contributed by atoms with Crippen molar-refractivity contribution in [3.05, 3.63) is 107 Å². The third-order valence-electron chi connectivity index (χ3n) is 9.25. The molecule has 0 amide bonds. The Kier molecular flexibility index (Phi) is 13.4. The molecule has 0 unspecified atom stereocenters. The molecule has 48 heavy (non-hydrogen) atoms. The zero-order chi connectivity index (χ0) is 33.0. The van der Waals surface area contributed by atoms with Crippen LogP contribution in [0.5, 0.6) is 0 Å². The summed E-state index contributed by atoms with van der Waals surface area (Å²) in [7, 11) is 0. The van der Waals surface area contributed by atoms with Gasteiger partial charge in [0.15, 0.2) is 0 Å². The van der Waals surface area contributed by atoms with Gasteiger partial charge in [0.25, 0.3) is 0 Å². The highest BCUT2D eigenvalue weighted by atomic mass is 32.1. The van der Waals surface area contributed by atoms with Crippen LogP contribution in [0.25, 0.3) is 51.5 Å². The minimum Gasteiger partial charge on any atom is -0.139 e. The van der Waals surface area contributed by atoms with Crippen molar-refractivity contribution in [2.45, 2.75) is 104 Å². The van der Waals surface area contributed by atoms with Crippen LogP contribution in [-0.2, 0) is 12.8 Å². The molecule has 0 fully saturated rings. The van der Waals surface area contributed by atoms with Crippen molar-refractivity contribution in [3.8, 4) is 51.5 Å².